The third kappa shape index (κ3) is 7.09. The lowest BCUT2D eigenvalue weighted by Crippen LogP contribution is -2.20. The predicted molar refractivity (Wildman–Crippen MR) is 49.0 cm³/mol. The van der Waals surface area contributed by atoms with E-state index in [9.17, 15) is 0 Å². The first-order chi connectivity index (χ1) is 5.31. The molecule has 0 aliphatic heterocycles. The molecular formula is C8H17N3. The van der Waals surface area contributed by atoms with Crippen LogP contribution in [0.25, 0.3) is 0 Å². The second-order valence-electron chi connectivity index (χ2n) is 2.23. The number of hydrogen-bond donors (Lipinski definition) is 3. The van der Waals surface area contributed by atoms with Gasteiger partial charge < -0.3 is 10.7 Å². The first-order valence-electron chi connectivity index (χ1n) is 3.71. The fourth-order valence-corrected chi connectivity index (χ4v) is 0.588. The normalized spacial score (nSPS) is 12.5. The summed E-state index contributed by atoms with van der Waals surface area (Å²) < 4.78 is 0. The summed E-state index contributed by atoms with van der Waals surface area (Å²) >= 11 is 0. The van der Waals surface area contributed by atoms with Crippen LogP contribution < -0.4 is 16.2 Å². The van der Waals surface area contributed by atoms with E-state index >= 15 is 0 Å². The van der Waals surface area contributed by atoms with E-state index in [0.717, 1.165) is 6.54 Å². The lowest BCUT2D eigenvalue weighted by atomic mass is 10.3. The number of hydrogen-bond acceptors (Lipinski definition) is 3. The summed E-state index contributed by atoms with van der Waals surface area (Å²) in [7, 11) is 3.76. The van der Waals surface area contributed by atoms with Crippen molar-refractivity contribution in [2.75, 3.05) is 20.6 Å². The van der Waals surface area contributed by atoms with Crippen LogP contribution in [0.5, 0.6) is 0 Å². The zero-order valence-corrected chi connectivity index (χ0v) is 7.44. The predicted octanol–water partition coefficient (Wildman–Crippen LogP) is 0.390. The Balaban J connectivity index is 3.56. The minimum Gasteiger partial charge on any atom is -0.329 e. The van der Waals surface area contributed by atoms with E-state index in [1.54, 1.807) is 0 Å². The first-order valence-corrected chi connectivity index (χ1v) is 3.71. The Hall–Kier alpha value is -0.800. The topological polar surface area (TPSA) is 36.1 Å². The van der Waals surface area contributed by atoms with Gasteiger partial charge in [0, 0.05) is 19.8 Å². The minimum atomic E-state index is 0.912. The van der Waals surface area contributed by atoms with Gasteiger partial charge in [0.15, 0.2) is 0 Å². The Morgan fingerprint density at radius 1 is 1.36 bits per heavy atom. The quantitative estimate of drug-likeness (QED) is 0.397. The smallest absolute Gasteiger partial charge is 0.0137 e. The Morgan fingerprint density at radius 3 is 2.64 bits per heavy atom. The fourth-order valence-electron chi connectivity index (χ4n) is 0.588. The molecule has 0 heterocycles. The van der Waals surface area contributed by atoms with Crippen molar-refractivity contribution in [2.24, 2.45) is 0 Å². The van der Waals surface area contributed by atoms with Gasteiger partial charge in [0.1, 0.15) is 0 Å². The molecule has 0 rings (SSSR count). The molecule has 0 aliphatic carbocycles. The molecule has 0 atom stereocenters. The van der Waals surface area contributed by atoms with Crippen molar-refractivity contribution >= 4 is 0 Å². The third-order valence-corrected chi connectivity index (χ3v) is 1.20. The highest BCUT2D eigenvalue weighted by molar-refractivity contribution is 5.15. The largest absolute Gasteiger partial charge is 0.329 e. The Kier molecular flexibility index (Phi) is 6.78. The van der Waals surface area contributed by atoms with Crippen molar-refractivity contribution in [3.05, 3.63) is 23.9 Å². The summed E-state index contributed by atoms with van der Waals surface area (Å²) in [6, 6.07) is 0. The lowest BCUT2D eigenvalue weighted by molar-refractivity contribution is 0.730. The van der Waals surface area contributed by atoms with Crippen LogP contribution in [0.4, 0.5) is 0 Å². The second kappa shape index (κ2) is 7.31. The highest BCUT2D eigenvalue weighted by Gasteiger charge is 1.78. The molecule has 0 fully saturated rings. The molecule has 0 aromatic rings. The molecule has 0 unspecified atom stereocenters. The van der Waals surface area contributed by atoms with E-state index in [2.05, 4.69) is 29.2 Å². The lowest BCUT2D eigenvalue weighted by Gasteiger charge is -1.95. The number of rotatable bonds is 5. The van der Waals surface area contributed by atoms with Gasteiger partial charge in [0.05, 0.1) is 0 Å². The summed E-state index contributed by atoms with van der Waals surface area (Å²) in [4.78, 5) is 0. The van der Waals surface area contributed by atoms with Gasteiger partial charge >= 0.3 is 0 Å². The molecule has 3 nitrogen and oxygen atoms in total. The molecule has 0 amide bonds. The van der Waals surface area contributed by atoms with Gasteiger partial charge in [-0.05, 0) is 20.0 Å². The Morgan fingerprint density at radius 2 is 2.09 bits per heavy atom. The van der Waals surface area contributed by atoms with Gasteiger partial charge in [0.2, 0.25) is 0 Å². The average Bonchev–Trinajstić information content (AvgIpc) is 2.01. The van der Waals surface area contributed by atoms with E-state index in [1.165, 1.54) is 5.57 Å². The van der Waals surface area contributed by atoms with Crippen LogP contribution in [0, 0.1) is 0 Å². The Labute approximate surface area is 68.5 Å². The van der Waals surface area contributed by atoms with Crippen molar-refractivity contribution in [3.63, 3.8) is 0 Å². The third-order valence-electron chi connectivity index (χ3n) is 1.20. The highest BCUT2D eigenvalue weighted by atomic mass is 15.3. The maximum atomic E-state index is 3.04. The number of allylic oxidation sites excluding steroid dienone is 2. The molecular weight excluding hydrogens is 138 g/mol. The molecule has 0 saturated carbocycles. The van der Waals surface area contributed by atoms with Crippen molar-refractivity contribution < 1.29 is 0 Å². The number of nitrogens with one attached hydrogen (secondary N) is 3. The van der Waals surface area contributed by atoms with Crippen molar-refractivity contribution in [1.29, 1.82) is 0 Å². The molecule has 3 heteroatoms. The highest BCUT2D eigenvalue weighted by Crippen LogP contribution is 1.91. The maximum Gasteiger partial charge on any atom is 0.0137 e. The summed E-state index contributed by atoms with van der Waals surface area (Å²) in [5.74, 6) is 0. The van der Waals surface area contributed by atoms with E-state index in [1.807, 2.05) is 26.4 Å². The molecule has 64 valence electrons. The Bertz CT molecular complexity index is 138. The second-order valence-corrected chi connectivity index (χ2v) is 2.23. The van der Waals surface area contributed by atoms with Gasteiger partial charge in [-0.1, -0.05) is 11.6 Å². The molecule has 0 spiro atoms. The molecule has 0 radical (unpaired) electrons. The molecule has 3 N–H and O–H groups in total. The van der Waals surface area contributed by atoms with Crippen LogP contribution >= 0.6 is 0 Å². The van der Waals surface area contributed by atoms with Crippen LogP contribution in [-0.2, 0) is 0 Å². The maximum absolute atomic E-state index is 3.04. The average molecular weight is 155 g/mol. The van der Waals surface area contributed by atoms with Crippen molar-refractivity contribution in [1.82, 2.24) is 16.2 Å². The monoisotopic (exact) mass is 155 g/mol. The zero-order chi connectivity index (χ0) is 8.53. The zero-order valence-electron chi connectivity index (χ0n) is 7.44. The molecule has 0 bridgehead atoms. The van der Waals surface area contributed by atoms with Crippen LogP contribution in [0.3, 0.4) is 0 Å². The standard InChI is InChI=1S/C8H17N3/c1-8(4-6-9-2)5-7-11-10-3/h4-5,7,9-11H,6H2,1-3H3/b7-5-,8-4-. The molecule has 0 saturated heterocycles. The van der Waals surface area contributed by atoms with Crippen molar-refractivity contribution in [2.45, 2.75) is 6.92 Å². The summed E-state index contributed by atoms with van der Waals surface area (Å²) in [5, 5.41) is 3.04. The van der Waals surface area contributed by atoms with Gasteiger partial charge in [-0.3, -0.25) is 0 Å². The summed E-state index contributed by atoms with van der Waals surface area (Å²) in [6.07, 6.45) is 5.99. The SMILES string of the molecule is CNC/C=C(C)\C=C/NNC. The van der Waals surface area contributed by atoms with Crippen LogP contribution in [0.15, 0.2) is 23.9 Å². The summed E-state index contributed by atoms with van der Waals surface area (Å²) in [6.45, 7) is 2.97. The van der Waals surface area contributed by atoms with E-state index in [4.69, 9.17) is 0 Å². The number of likely N-dealkylation sites (N-methyl/N-ethyl adjacent to an activating group) is 1. The van der Waals surface area contributed by atoms with Crippen LogP contribution in [0.1, 0.15) is 6.92 Å². The van der Waals surface area contributed by atoms with E-state index in [-0.39, 0.29) is 0 Å². The fraction of sp³-hybridized carbons (Fsp3) is 0.500. The van der Waals surface area contributed by atoms with E-state index in [0.29, 0.717) is 0 Å². The minimum absolute atomic E-state index is 0.912. The molecule has 0 aromatic carbocycles. The van der Waals surface area contributed by atoms with Crippen LogP contribution in [-0.4, -0.2) is 20.6 Å². The van der Waals surface area contributed by atoms with E-state index < -0.39 is 0 Å². The first kappa shape index (κ1) is 10.2. The van der Waals surface area contributed by atoms with Gasteiger partial charge in [-0.15, -0.1) is 0 Å². The van der Waals surface area contributed by atoms with Gasteiger partial charge in [-0.25, -0.2) is 5.43 Å². The number of hydrazine groups is 1. The van der Waals surface area contributed by atoms with Gasteiger partial charge in [0.25, 0.3) is 0 Å². The molecule has 0 aliphatic rings. The van der Waals surface area contributed by atoms with Crippen molar-refractivity contribution in [3.8, 4) is 0 Å². The van der Waals surface area contributed by atoms with Crippen LogP contribution in [0.2, 0.25) is 0 Å². The summed E-state index contributed by atoms with van der Waals surface area (Å²) in [5.41, 5.74) is 6.90. The van der Waals surface area contributed by atoms with Gasteiger partial charge in [-0.2, -0.15) is 0 Å². The molecule has 0 aromatic heterocycles. The molecule has 11 heavy (non-hydrogen) atoms.